The number of carbonyl (C=O) groups is 1. The van der Waals surface area contributed by atoms with Gasteiger partial charge in [0.15, 0.2) is 0 Å². The van der Waals surface area contributed by atoms with E-state index < -0.39 is 5.97 Å². The maximum absolute atomic E-state index is 10.3. The lowest BCUT2D eigenvalue weighted by Gasteiger charge is -2.00. The van der Waals surface area contributed by atoms with Crippen LogP contribution in [-0.2, 0) is 4.79 Å². The van der Waals surface area contributed by atoms with Gasteiger partial charge in [-0.25, -0.2) is 0 Å². The molecule has 0 aliphatic rings. The summed E-state index contributed by atoms with van der Waals surface area (Å²) in [6.45, 7) is 2.15. The number of carboxylic acids is 1. The average molecular weight is 306 g/mol. The fourth-order valence-corrected chi connectivity index (χ4v) is 2.24. The van der Waals surface area contributed by atoms with Gasteiger partial charge in [0.1, 0.15) is 0 Å². The van der Waals surface area contributed by atoms with Crippen LogP contribution in [0.2, 0.25) is 0 Å². The molecule has 0 saturated carbocycles. The lowest BCUT2D eigenvalue weighted by atomic mass is 10.1. The fraction of sp³-hybridized carbons (Fsp3) is 0.650. The van der Waals surface area contributed by atoms with Crippen molar-refractivity contribution in [3.63, 3.8) is 0 Å². The summed E-state index contributed by atoms with van der Waals surface area (Å²) in [4.78, 5) is 10.3. The first-order chi connectivity index (χ1) is 10.8. The molecule has 0 spiro atoms. The standard InChI is InChI=1S/C20H34O2/c1-2-3-4-5-6-7-8-9-10-11-12-13-14-15-16-17-18-19-20(21)22/h3-6,16-17H,2,7-15,18-19H2,1H3,(H,21,22). The second kappa shape index (κ2) is 17.7. The highest BCUT2D eigenvalue weighted by atomic mass is 16.4. The quantitative estimate of drug-likeness (QED) is 0.215. The topological polar surface area (TPSA) is 37.3 Å². The van der Waals surface area contributed by atoms with E-state index in [0.29, 0.717) is 6.42 Å². The predicted molar refractivity (Wildman–Crippen MR) is 96.1 cm³/mol. The van der Waals surface area contributed by atoms with Crippen LogP contribution in [0.4, 0.5) is 0 Å². The molecule has 0 aromatic heterocycles. The number of aliphatic carboxylic acids is 1. The van der Waals surface area contributed by atoms with Crippen LogP contribution in [0, 0.1) is 0 Å². The largest absolute Gasteiger partial charge is 0.481 e. The second-order valence-corrected chi connectivity index (χ2v) is 5.72. The summed E-state index contributed by atoms with van der Waals surface area (Å²) in [5, 5.41) is 8.50. The predicted octanol–water partition coefficient (Wildman–Crippen LogP) is 6.44. The molecule has 0 radical (unpaired) electrons. The molecule has 0 aromatic carbocycles. The molecule has 0 rings (SSSR count). The smallest absolute Gasteiger partial charge is 0.303 e. The zero-order chi connectivity index (χ0) is 16.3. The summed E-state index contributed by atoms with van der Waals surface area (Å²) in [7, 11) is 0. The molecule has 2 nitrogen and oxygen atoms in total. The average Bonchev–Trinajstić information content (AvgIpc) is 2.50. The Bertz CT molecular complexity index is 327. The van der Waals surface area contributed by atoms with Crippen LogP contribution in [0.15, 0.2) is 36.5 Å². The van der Waals surface area contributed by atoms with E-state index in [1.807, 2.05) is 6.08 Å². The molecule has 0 aliphatic heterocycles. The Balaban J connectivity index is 3.16. The minimum Gasteiger partial charge on any atom is -0.481 e. The molecule has 0 atom stereocenters. The van der Waals surface area contributed by atoms with Gasteiger partial charge in [-0.2, -0.15) is 0 Å². The Hall–Kier alpha value is -1.31. The summed E-state index contributed by atoms with van der Waals surface area (Å²) in [6, 6.07) is 0. The molecule has 1 N–H and O–H groups in total. The van der Waals surface area contributed by atoms with Gasteiger partial charge in [-0.05, 0) is 38.5 Å². The first-order valence-electron chi connectivity index (χ1n) is 8.95. The van der Waals surface area contributed by atoms with E-state index in [0.717, 1.165) is 12.8 Å². The van der Waals surface area contributed by atoms with E-state index in [4.69, 9.17) is 5.11 Å². The Kier molecular flexibility index (Phi) is 16.7. The summed E-state index contributed by atoms with van der Waals surface area (Å²) in [5.41, 5.74) is 0. The number of hydrogen-bond acceptors (Lipinski definition) is 1. The zero-order valence-electron chi connectivity index (χ0n) is 14.3. The van der Waals surface area contributed by atoms with Gasteiger partial charge in [-0.15, -0.1) is 0 Å². The molecule has 126 valence electrons. The van der Waals surface area contributed by atoms with Crippen LogP contribution in [0.3, 0.4) is 0 Å². The van der Waals surface area contributed by atoms with Crippen LogP contribution in [0.1, 0.15) is 84.0 Å². The lowest BCUT2D eigenvalue weighted by molar-refractivity contribution is -0.136. The summed E-state index contributed by atoms with van der Waals surface area (Å²) in [5.74, 6) is -0.711. The Morgan fingerprint density at radius 3 is 1.82 bits per heavy atom. The highest BCUT2D eigenvalue weighted by Crippen LogP contribution is 2.10. The van der Waals surface area contributed by atoms with Crippen molar-refractivity contribution in [1.82, 2.24) is 0 Å². The minimum absolute atomic E-state index is 0.251. The Morgan fingerprint density at radius 2 is 1.23 bits per heavy atom. The number of hydrogen-bond donors (Lipinski definition) is 1. The first kappa shape index (κ1) is 20.7. The van der Waals surface area contributed by atoms with Crippen molar-refractivity contribution in [1.29, 1.82) is 0 Å². The van der Waals surface area contributed by atoms with Crippen molar-refractivity contribution in [2.45, 2.75) is 84.0 Å². The normalized spacial score (nSPS) is 12.0. The number of rotatable bonds is 15. The zero-order valence-corrected chi connectivity index (χ0v) is 14.3. The molecule has 0 saturated heterocycles. The van der Waals surface area contributed by atoms with Crippen molar-refractivity contribution >= 4 is 5.97 Å². The van der Waals surface area contributed by atoms with Crippen LogP contribution in [0.5, 0.6) is 0 Å². The van der Waals surface area contributed by atoms with Crippen LogP contribution < -0.4 is 0 Å². The van der Waals surface area contributed by atoms with Crippen molar-refractivity contribution in [2.24, 2.45) is 0 Å². The summed E-state index contributed by atoms with van der Waals surface area (Å²) < 4.78 is 0. The SMILES string of the molecule is CCC=CC=CCCCCCCCCCC=CCCC(=O)O. The monoisotopic (exact) mass is 306 g/mol. The van der Waals surface area contributed by atoms with Crippen LogP contribution in [0.25, 0.3) is 0 Å². The summed E-state index contributed by atoms with van der Waals surface area (Å²) in [6.07, 6.45) is 26.4. The molecule has 0 unspecified atom stereocenters. The minimum atomic E-state index is -0.711. The molecular formula is C20H34O2. The fourth-order valence-electron chi connectivity index (χ4n) is 2.24. The van der Waals surface area contributed by atoms with Gasteiger partial charge in [0.25, 0.3) is 0 Å². The van der Waals surface area contributed by atoms with Gasteiger partial charge < -0.3 is 5.11 Å². The van der Waals surface area contributed by atoms with Crippen molar-refractivity contribution < 1.29 is 9.90 Å². The third kappa shape index (κ3) is 18.7. The lowest BCUT2D eigenvalue weighted by Crippen LogP contribution is -1.91. The van der Waals surface area contributed by atoms with E-state index >= 15 is 0 Å². The van der Waals surface area contributed by atoms with E-state index in [9.17, 15) is 4.79 Å². The third-order valence-corrected chi connectivity index (χ3v) is 3.55. The van der Waals surface area contributed by atoms with Gasteiger partial charge in [0.2, 0.25) is 0 Å². The van der Waals surface area contributed by atoms with E-state index in [2.05, 4.69) is 37.3 Å². The van der Waals surface area contributed by atoms with E-state index in [1.165, 1.54) is 51.4 Å². The molecule has 2 heteroatoms. The van der Waals surface area contributed by atoms with Gasteiger partial charge >= 0.3 is 5.97 Å². The van der Waals surface area contributed by atoms with Crippen molar-refractivity contribution in [2.75, 3.05) is 0 Å². The molecule has 0 amide bonds. The summed E-state index contributed by atoms with van der Waals surface area (Å²) >= 11 is 0. The second-order valence-electron chi connectivity index (χ2n) is 5.72. The van der Waals surface area contributed by atoms with Crippen LogP contribution >= 0.6 is 0 Å². The molecule has 0 heterocycles. The molecule has 0 bridgehead atoms. The molecule has 22 heavy (non-hydrogen) atoms. The molecule has 0 fully saturated rings. The highest BCUT2D eigenvalue weighted by molar-refractivity contribution is 5.66. The maximum Gasteiger partial charge on any atom is 0.303 e. The van der Waals surface area contributed by atoms with Crippen molar-refractivity contribution in [3.05, 3.63) is 36.5 Å². The van der Waals surface area contributed by atoms with Gasteiger partial charge in [0, 0.05) is 6.42 Å². The Morgan fingerprint density at radius 1 is 0.727 bits per heavy atom. The van der Waals surface area contributed by atoms with E-state index in [1.54, 1.807) is 0 Å². The third-order valence-electron chi connectivity index (χ3n) is 3.55. The van der Waals surface area contributed by atoms with Gasteiger partial charge in [0.05, 0.1) is 0 Å². The first-order valence-corrected chi connectivity index (χ1v) is 8.95. The highest BCUT2D eigenvalue weighted by Gasteiger charge is 1.92. The van der Waals surface area contributed by atoms with Crippen molar-refractivity contribution in [3.8, 4) is 0 Å². The number of allylic oxidation sites excluding steroid dienone is 6. The molecule has 0 aromatic rings. The molecule has 0 aliphatic carbocycles. The number of carboxylic acid groups (broad SMARTS) is 1. The van der Waals surface area contributed by atoms with Crippen LogP contribution in [-0.4, -0.2) is 11.1 Å². The van der Waals surface area contributed by atoms with Gasteiger partial charge in [-0.3, -0.25) is 4.79 Å². The van der Waals surface area contributed by atoms with Gasteiger partial charge in [-0.1, -0.05) is 75.5 Å². The maximum atomic E-state index is 10.3. The number of unbranched alkanes of at least 4 members (excludes halogenated alkanes) is 8. The van der Waals surface area contributed by atoms with E-state index in [-0.39, 0.29) is 6.42 Å². The Labute approximate surface area is 137 Å². The molecular weight excluding hydrogens is 272 g/mol.